The summed E-state index contributed by atoms with van der Waals surface area (Å²) >= 11 is 0. The Morgan fingerprint density at radius 2 is 1.43 bits per heavy atom. The van der Waals surface area contributed by atoms with Gasteiger partial charge in [-0.1, -0.05) is 77.4 Å². The maximum absolute atomic E-state index is 13.7. The standard InChI is InChI=1S/C51H78BN7O9/c1-10-11-14-34-16-18-35(19-17-34)36-20-22-37(23-21-36)46(63)54-26-24-43(61)57-39(15-12-13-25-53)47(64)59-44(32(5)60)49(66)55-31(4)45(62)58-40(27-30(2)3)48(65)56-33(6)52-67-42-29-38-28-41(50(38,7)8)51(42,9)68-52/h16-23,30-33,38-42,44,60H,10-15,24-29,53H2,1-9H3,(H,54,63)(H,55,66)(H,56,65)(H,57,61)(H,58,62)(H,59,64)/t31-,32?,33-,38-,39-,40-,41-,42?,44-,51-/m0/s1. The number of benzene rings is 2. The summed E-state index contributed by atoms with van der Waals surface area (Å²) in [5.41, 5.74) is 9.17. The zero-order valence-electron chi connectivity index (χ0n) is 41.7. The number of nitrogens with one attached hydrogen (secondary N) is 6. The third-order valence-corrected chi connectivity index (χ3v) is 14.4. The second-order valence-electron chi connectivity index (χ2n) is 20.6. The van der Waals surface area contributed by atoms with Gasteiger partial charge in [0.2, 0.25) is 29.5 Å². The summed E-state index contributed by atoms with van der Waals surface area (Å²) < 4.78 is 12.9. The van der Waals surface area contributed by atoms with Crippen LogP contribution in [-0.4, -0.2) is 109 Å². The maximum atomic E-state index is 13.7. The molecule has 17 heteroatoms. The molecule has 4 aliphatic rings. The Morgan fingerprint density at radius 3 is 2.03 bits per heavy atom. The first kappa shape index (κ1) is 54.1. The molecule has 4 fully saturated rings. The maximum Gasteiger partial charge on any atom is 0.481 e. The van der Waals surface area contributed by atoms with E-state index >= 15 is 0 Å². The van der Waals surface area contributed by atoms with Gasteiger partial charge in [-0.2, -0.15) is 0 Å². The van der Waals surface area contributed by atoms with Gasteiger partial charge in [0.1, 0.15) is 24.2 Å². The highest BCUT2D eigenvalue weighted by Crippen LogP contribution is 2.65. The van der Waals surface area contributed by atoms with Crippen molar-refractivity contribution >= 4 is 42.6 Å². The lowest BCUT2D eigenvalue weighted by Crippen LogP contribution is -2.65. The highest BCUT2D eigenvalue weighted by Gasteiger charge is 2.68. The van der Waals surface area contributed by atoms with Crippen LogP contribution < -0.4 is 37.6 Å². The lowest BCUT2D eigenvalue weighted by Gasteiger charge is -2.64. The monoisotopic (exact) mass is 944 g/mol. The highest BCUT2D eigenvalue weighted by atomic mass is 16.7. The minimum Gasteiger partial charge on any atom is -0.404 e. The van der Waals surface area contributed by atoms with E-state index < -0.39 is 78.5 Å². The molecule has 3 aliphatic carbocycles. The second kappa shape index (κ2) is 24.1. The van der Waals surface area contributed by atoms with Crippen molar-refractivity contribution in [2.24, 2.45) is 28.9 Å². The Morgan fingerprint density at radius 1 is 0.779 bits per heavy atom. The number of hydrogen-bond acceptors (Lipinski definition) is 10. The minimum absolute atomic E-state index is 0.00273. The fourth-order valence-electron chi connectivity index (χ4n) is 10.0. The summed E-state index contributed by atoms with van der Waals surface area (Å²) in [6.07, 6.45) is 5.32. The lowest BCUT2D eigenvalue weighted by molar-refractivity contribution is -0.199. The van der Waals surface area contributed by atoms with Gasteiger partial charge < -0.3 is 52.0 Å². The fraction of sp³-hybridized carbons (Fsp3) is 0.647. The minimum atomic E-state index is -1.49. The predicted octanol–water partition coefficient (Wildman–Crippen LogP) is 4.10. The second-order valence-corrected chi connectivity index (χ2v) is 20.6. The van der Waals surface area contributed by atoms with Gasteiger partial charge in [-0.25, -0.2) is 0 Å². The van der Waals surface area contributed by atoms with Crippen LogP contribution in [-0.2, 0) is 39.7 Å². The van der Waals surface area contributed by atoms with E-state index in [1.807, 2.05) is 32.9 Å². The zero-order chi connectivity index (χ0) is 49.9. The third kappa shape index (κ3) is 13.7. The predicted molar refractivity (Wildman–Crippen MR) is 263 cm³/mol. The van der Waals surface area contributed by atoms with Crippen LogP contribution in [0.1, 0.15) is 136 Å². The molecule has 1 heterocycles. The summed E-state index contributed by atoms with van der Waals surface area (Å²) in [4.78, 5) is 80.5. The smallest absolute Gasteiger partial charge is 0.404 e. The summed E-state index contributed by atoms with van der Waals surface area (Å²) in [6.45, 7) is 17.7. The molecule has 16 nitrogen and oxygen atoms in total. The highest BCUT2D eigenvalue weighted by molar-refractivity contribution is 6.47. The molecule has 0 aromatic heterocycles. The average molecular weight is 944 g/mol. The number of carbonyl (C=O) groups is 6. The van der Waals surface area contributed by atoms with Gasteiger partial charge in [0.05, 0.1) is 23.8 Å². The number of carbonyl (C=O) groups excluding carboxylic acids is 6. The van der Waals surface area contributed by atoms with Gasteiger partial charge in [0, 0.05) is 18.5 Å². The summed E-state index contributed by atoms with van der Waals surface area (Å²) in [5, 5.41) is 27.0. The van der Waals surface area contributed by atoms with Crippen LogP contribution >= 0.6 is 0 Å². The molecule has 0 spiro atoms. The Hall–Kier alpha value is -4.84. The Labute approximate surface area is 403 Å². The fourth-order valence-corrected chi connectivity index (χ4v) is 10.0. The molecule has 0 radical (unpaired) electrons. The van der Waals surface area contributed by atoms with Crippen LogP contribution in [0.3, 0.4) is 0 Å². The number of aliphatic hydroxyl groups is 1. The van der Waals surface area contributed by atoms with E-state index in [2.05, 4.69) is 83.9 Å². The largest absolute Gasteiger partial charge is 0.481 e. The SMILES string of the molecule is CCCCc1ccc(-c2ccc(C(=O)NCCC(=O)N[C@@H](CCCCN)C(=O)N[C@H](C(=O)N[C@@H](C)C(=O)N[C@@H](CC(C)C)C(=O)N[C@@H](C)B3OC4C[C@@H]5C[C@@H](C5(C)C)[C@]4(C)O3)C(C)O)cc2)cc1. The number of aliphatic hydroxyl groups excluding tert-OH is 1. The van der Waals surface area contributed by atoms with Gasteiger partial charge in [-0.3, -0.25) is 28.8 Å². The van der Waals surface area contributed by atoms with Crippen LogP contribution in [0.4, 0.5) is 0 Å². The Bertz CT molecular complexity index is 2050. The van der Waals surface area contributed by atoms with Crippen LogP contribution in [0.25, 0.3) is 11.1 Å². The molecule has 9 N–H and O–H groups in total. The number of amides is 6. The van der Waals surface area contributed by atoms with Crippen LogP contribution in [0.15, 0.2) is 48.5 Å². The first-order valence-corrected chi connectivity index (χ1v) is 24.9. The summed E-state index contributed by atoms with van der Waals surface area (Å²) in [5.74, 6) is -3.03. The molecule has 6 rings (SSSR count). The molecular formula is C51H78BN7O9. The molecule has 3 saturated carbocycles. The molecule has 2 aromatic carbocycles. The third-order valence-electron chi connectivity index (χ3n) is 14.4. The molecule has 68 heavy (non-hydrogen) atoms. The van der Waals surface area contributed by atoms with E-state index in [-0.39, 0.29) is 42.7 Å². The first-order valence-electron chi connectivity index (χ1n) is 24.9. The van der Waals surface area contributed by atoms with Gasteiger partial charge in [-0.05, 0) is 138 Å². The average Bonchev–Trinajstić information content (AvgIpc) is 3.67. The van der Waals surface area contributed by atoms with Crippen LogP contribution in [0.2, 0.25) is 0 Å². The molecule has 2 aromatic rings. The van der Waals surface area contributed by atoms with E-state index in [1.165, 1.54) is 19.4 Å². The van der Waals surface area contributed by atoms with Gasteiger partial charge in [0.25, 0.3) is 5.91 Å². The van der Waals surface area contributed by atoms with Crippen LogP contribution in [0.5, 0.6) is 0 Å². The van der Waals surface area contributed by atoms with E-state index in [0.29, 0.717) is 43.2 Å². The normalized spacial score (nSPS) is 22.8. The number of unbranched alkanes of at least 4 members (excludes halogenated alkanes) is 2. The Kier molecular flexibility index (Phi) is 19.2. The zero-order valence-corrected chi connectivity index (χ0v) is 41.7. The van der Waals surface area contributed by atoms with Crippen molar-refractivity contribution in [3.63, 3.8) is 0 Å². The van der Waals surface area contributed by atoms with Gasteiger partial charge in [0.15, 0.2) is 0 Å². The molecule has 2 bridgehead atoms. The van der Waals surface area contributed by atoms with Crippen molar-refractivity contribution in [3.05, 3.63) is 59.7 Å². The number of aryl methyl sites for hydroxylation is 1. The van der Waals surface area contributed by atoms with E-state index in [1.54, 1.807) is 12.1 Å². The number of nitrogens with two attached hydrogens (primary N) is 1. The van der Waals surface area contributed by atoms with Crippen molar-refractivity contribution in [2.75, 3.05) is 13.1 Å². The van der Waals surface area contributed by atoms with Crippen LogP contribution in [0, 0.1) is 23.2 Å². The molecular weight excluding hydrogens is 865 g/mol. The van der Waals surface area contributed by atoms with Crippen molar-refractivity contribution in [1.82, 2.24) is 31.9 Å². The van der Waals surface area contributed by atoms with Crippen molar-refractivity contribution in [3.8, 4) is 11.1 Å². The number of rotatable bonds is 25. The molecule has 10 atom stereocenters. The molecule has 6 amide bonds. The van der Waals surface area contributed by atoms with Gasteiger partial charge in [-0.15, -0.1) is 0 Å². The molecule has 2 unspecified atom stereocenters. The first-order chi connectivity index (χ1) is 32.2. The van der Waals surface area contributed by atoms with E-state index in [4.69, 9.17) is 15.0 Å². The number of hydrogen-bond donors (Lipinski definition) is 8. The topological polar surface area (TPSA) is 239 Å². The van der Waals surface area contributed by atoms with Crippen molar-refractivity contribution in [2.45, 2.75) is 174 Å². The van der Waals surface area contributed by atoms with E-state index in [0.717, 1.165) is 43.2 Å². The molecule has 1 aliphatic heterocycles. The summed E-state index contributed by atoms with van der Waals surface area (Å²) in [7, 11) is -0.648. The molecule has 1 saturated heterocycles. The van der Waals surface area contributed by atoms with Crippen molar-refractivity contribution < 1.29 is 43.2 Å². The van der Waals surface area contributed by atoms with Crippen molar-refractivity contribution in [1.29, 1.82) is 0 Å². The lowest BCUT2D eigenvalue weighted by atomic mass is 9.43. The Balaban J connectivity index is 1.10. The van der Waals surface area contributed by atoms with E-state index in [9.17, 15) is 33.9 Å². The van der Waals surface area contributed by atoms with Gasteiger partial charge >= 0.3 is 7.12 Å². The summed E-state index contributed by atoms with van der Waals surface area (Å²) in [6, 6.07) is 10.9. The molecule has 374 valence electrons. The quantitative estimate of drug-likeness (QED) is 0.0524.